The van der Waals surface area contributed by atoms with Crippen molar-refractivity contribution in [2.75, 3.05) is 12.0 Å². The van der Waals surface area contributed by atoms with Crippen LogP contribution in [0.1, 0.15) is 156 Å². The molecule has 1 unspecified atom stereocenters. The monoisotopic (exact) mass is 1010 g/mol. The van der Waals surface area contributed by atoms with Crippen molar-refractivity contribution in [2.45, 2.75) is 166 Å². The molecule has 388 valence electrons. The molecule has 1 saturated heterocycles. The minimum Gasteiger partial charge on any atom is -0.477 e. The summed E-state index contributed by atoms with van der Waals surface area (Å²) in [4.78, 5) is 74.3. The van der Waals surface area contributed by atoms with Crippen molar-refractivity contribution in [2.24, 2.45) is 17.8 Å². The summed E-state index contributed by atoms with van der Waals surface area (Å²) in [7, 11) is 1.40. The van der Waals surface area contributed by atoms with E-state index < -0.39 is 18.1 Å². The van der Waals surface area contributed by atoms with Crippen molar-refractivity contribution >= 4 is 53.3 Å². The number of aromatic carboxylic acids is 1. The molecule has 3 N–H and O–H groups in total. The van der Waals surface area contributed by atoms with E-state index in [1.54, 1.807) is 0 Å². The SMILES string of the molecule is COC(=O)CCC[C@H](NC(=O)OCc1ccccc1)C1CCCCC1.O=C(O)c1sc(-c2ccccc2)cc1N1C(=O)CCCC1C1CCCCC1.O=C[C@H](NC(=O)OCc1ccccc1)C1CCCCC1. The van der Waals surface area contributed by atoms with E-state index in [2.05, 4.69) is 10.6 Å². The first kappa shape index (κ1) is 55.3. The van der Waals surface area contributed by atoms with Gasteiger partial charge in [0.1, 0.15) is 24.4 Å². The lowest BCUT2D eigenvalue weighted by Crippen LogP contribution is -2.48. The maximum atomic E-state index is 12.9. The Kier molecular flexibility index (Phi) is 23.1. The number of nitrogens with zero attached hydrogens (tertiary/aromatic N) is 1. The summed E-state index contributed by atoms with van der Waals surface area (Å²) in [6, 6.07) is 30.7. The van der Waals surface area contributed by atoms with Crippen molar-refractivity contribution in [1.82, 2.24) is 10.6 Å². The molecule has 3 aliphatic carbocycles. The van der Waals surface area contributed by atoms with Gasteiger partial charge in [-0.05, 0) is 105 Å². The van der Waals surface area contributed by atoms with Crippen molar-refractivity contribution in [3.8, 4) is 10.4 Å². The lowest BCUT2D eigenvalue weighted by molar-refractivity contribution is -0.140. The van der Waals surface area contributed by atoms with Crippen LogP contribution in [0.25, 0.3) is 10.4 Å². The topological polar surface area (TPSA) is 178 Å². The lowest BCUT2D eigenvalue weighted by Gasteiger charge is -2.41. The number of carboxylic acid groups (broad SMARTS) is 1. The highest BCUT2D eigenvalue weighted by Gasteiger charge is 2.38. The maximum absolute atomic E-state index is 12.9. The zero-order chi connectivity index (χ0) is 50.9. The van der Waals surface area contributed by atoms with Gasteiger partial charge in [0, 0.05) is 29.8 Å². The van der Waals surface area contributed by atoms with Crippen molar-refractivity contribution < 1.29 is 48.1 Å². The summed E-state index contributed by atoms with van der Waals surface area (Å²) in [6.45, 7) is 0.495. The number of rotatable bonds is 17. The number of aldehydes is 1. The van der Waals surface area contributed by atoms with E-state index in [4.69, 9.17) is 14.2 Å². The van der Waals surface area contributed by atoms with E-state index in [1.807, 2.05) is 102 Å². The fraction of sp³-hybridized carbons (Fsp3) is 0.517. The largest absolute Gasteiger partial charge is 0.477 e. The van der Waals surface area contributed by atoms with Crippen LogP contribution in [-0.2, 0) is 41.8 Å². The van der Waals surface area contributed by atoms with Gasteiger partial charge in [-0.3, -0.25) is 9.59 Å². The van der Waals surface area contributed by atoms with Crippen LogP contribution in [0.15, 0.2) is 97.1 Å². The highest BCUT2D eigenvalue weighted by molar-refractivity contribution is 7.18. The fourth-order valence-corrected chi connectivity index (χ4v) is 11.7. The molecule has 3 amide bonds. The Labute approximate surface area is 429 Å². The molecule has 0 bridgehead atoms. The summed E-state index contributed by atoms with van der Waals surface area (Å²) in [5.41, 5.74) is 3.50. The van der Waals surface area contributed by atoms with Gasteiger partial charge in [-0.1, -0.05) is 149 Å². The molecule has 3 saturated carbocycles. The average molecular weight is 1010 g/mol. The number of thiophene rings is 1. The van der Waals surface area contributed by atoms with Crippen LogP contribution in [0.5, 0.6) is 0 Å². The van der Waals surface area contributed by atoms with Gasteiger partial charge >= 0.3 is 24.1 Å². The summed E-state index contributed by atoms with van der Waals surface area (Å²) >= 11 is 1.27. The molecule has 2 heterocycles. The molecular formula is C58H75N3O10S. The second-order valence-electron chi connectivity index (χ2n) is 19.6. The minimum atomic E-state index is -0.946. The highest BCUT2D eigenvalue weighted by atomic mass is 32.1. The number of carbonyl (C=O) groups is 6. The smallest absolute Gasteiger partial charge is 0.408 e. The Balaban J connectivity index is 0.000000179. The van der Waals surface area contributed by atoms with Crippen LogP contribution < -0.4 is 15.5 Å². The minimum absolute atomic E-state index is 0.0632. The van der Waals surface area contributed by atoms with E-state index in [-0.39, 0.29) is 54.1 Å². The number of piperidine rings is 1. The molecule has 4 aromatic rings. The number of carboxylic acids is 1. The van der Waals surface area contributed by atoms with E-state index in [0.29, 0.717) is 36.8 Å². The molecule has 8 rings (SSSR count). The Morgan fingerprint density at radius 3 is 1.76 bits per heavy atom. The maximum Gasteiger partial charge on any atom is 0.408 e. The van der Waals surface area contributed by atoms with E-state index in [0.717, 1.165) is 98.5 Å². The number of ether oxygens (including phenoxy) is 3. The van der Waals surface area contributed by atoms with Crippen LogP contribution in [-0.4, -0.2) is 66.7 Å². The highest BCUT2D eigenvalue weighted by Crippen LogP contribution is 2.43. The average Bonchev–Trinajstić information content (AvgIpc) is 3.88. The Morgan fingerprint density at radius 2 is 1.22 bits per heavy atom. The second-order valence-corrected chi connectivity index (χ2v) is 20.6. The number of alkyl carbamates (subject to hydrolysis) is 2. The number of hydrogen-bond acceptors (Lipinski definition) is 10. The summed E-state index contributed by atoms with van der Waals surface area (Å²) in [5, 5.41) is 15.5. The molecule has 13 nitrogen and oxygen atoms in total. The molecule has 1 aliphatic heterocycles. The summed E-state index contributed by atoms with van der Waals surface area (Å²) in [6.07, 6.45) is 21.7. The molecule has 4 aliphatic rings. The Bertz CT molecular complexity index is 2270. The predicted octanol–water partition coefficient (Wildman–Crippen LogP) is 12.8. The quantitative estimate of drug-likeness (QED) is 0.0524. The van der Waals surface area contributed by atoms with Crippen LogP contribution in [0.4, 0.5) is 15.3 Å². The first-order valence-electron chi connectivity index (χ1n) is 26.3. The molecular weight excluding hydrogens is 931 g/mol. The number of methoxy groups -OCH3 is 1. The number of carbonyl (C=O) groups excluding carboxylic acids is 5. The first-order valence-corrected chi connectivity index (χ1v) is 27.2. The number of nitrogens with one attached hydrogen (secondary N) is 2. The van der Waals surface area contributed by atoms with Gasteiger partial charge in [0.05, 0.1) is 18.8 Å². The second kappa shape index (κ2) is 30.1. The zero-order valence-electron chi connectivity index (χ0n) is 42.0. The van der Waals surface area contributed by atoms with Gasteiger partial charge in [0.25, 0.3) is 0 Å². The number of esters is 1. The zero-order valence-corrected chi connectivity index (χ0v) is 42.8. The van der Waals surface area contributed by atoms with Crippen LogP contribution in [0.2, 0.25) is 0 Å². The predicted molar refractivity (Wildman–Crippen MR) is 281 cm³/mol. The van der Waals surface area contributed by atoms with Crippen molar-refractivity contribution in [3.63, 3.8) is 0 Å². The standard InChI is InChI=1S/C22H25NO3S.C20H29NO4.C16H21NO3/c24-20-13-7-12-17(15-8-3-1-4-9-15)23(20)18-14-19(27-21(18)22(25)26)16-10-5-2-6-11-16;1-24-19(22)14-8-13-18(17-11-6-3-7-12-17)21-20(23)25-15-16-9-4-2-5-10-16;18-11-15(14-9-5-2-6-10-14)17-16(19)20-12-13-7-3-1-4-8-13/h2,5-6,10-11,14-15,17H,1,3-4,7-9,12-13H2,(H,25,26);2,4-5,9-10,17-18H,3,6-8,11-15H2,1H3,(H,21,23);1,3-4,7-8,11,14-15H,2,5-6,9-10,12H2,(H,17,19)/t;18-;15-/m.00/s1. The Hall–Kier alpha value is -6.02. The molecule has 0 spiro atoms. The van der Waals surface area contributed by atoms with Gasteiger partial charge in [0.15, 0.2) is 0 Å². The third-order valence-corrected chi connectivity index (χ3v) is 15.7. The molecule has 1 aromatic heterocycles. The van der Waals surface area contributed by atoms with Crippen molar-refractivity contribution in [3.05, 3.63) is 113 Å². The summed E-state index contributed by atoms with van der Waals surface area (Å²) < 4.78 is 15.2. The van der Waals surface area contributed by atoms with Gasteiger partial charge in [0.2, 0.25) is 5.91 Å². The Morgan fingerprint density at radius 1 is 0.694 bits per heavy atom. The van der Waals surface area contributed by atoms with Crippen molar-refractivity contribution in [1.29, 1.82) is 0 Å². The lowest BCUT2D eigenvalue weighted by atomic mass is 9.79. The van der Waals surface area contributed by atoms with Gasteiger partial charge in [-0.2, -0.15) is 0 Å². The van der Waals surface area contributed by atoms with E-state index >= 15 is 0 Å². The van der Waals surface area contributed by atoms with E-state index in [1.165, 1.54) is 63.4 Å². The summed E-state index contributed by atoms with van der Waals surface area (Å²) in [5.74, 6) is 0.148. The van der Waals surface area contributed by atoms with Gasteiger partial charge in [-0.25, -0.2) is 14.4 Å². The normalized spacial score (nSPS) is 18.4. The van der Waals surface area contributed by atoms with Crippen LogP contribution in [0, 0.1) is 17.8 Å². The molecule has 3 aromatic carbocycles. The number of anilines is 1. The first-order chi connectivity index (χ1) is 35.1. The van der Waals surface area contributed by atoms with Gasteiger partial charge < -0.3 is 39.6 Å². The molecule has 72 heavy (non-hydrogen) atoms. The third kappa shape index (κ3) is 17.6. The van der Waals surface area contributed by atoms with Crippen LogP contribution in [0.3, 0.4) is 0 Å². The number of amides is 3. The van der Waals surface area contributed by atoms with Crippen LogP contribution >= 0.6 is 11.3 Å². The molecule has 4 fully saturated rings. The number of hydrogen-bond donors (Lipinski definition) is 3. The third-order valence-electron chi connectivity index (χ3n) is 14.6. The molecule has 3 atom stereocenters. The van der Waals surface area contributed by atoms with E-state index in [9.17, 15) is 33.9 Å². The fourth-order valence-electron chi connectivity index (χ4n) is 10.7. The van der Waals surface area contributed by atoms with Gasteiger partial charge in [-0.15, -0.1) is 11.3 Å². The molecule has 0 radical (unpaired) electrons. The molecule has 14 heteroatoms. The number of benzene rings is 3.